The molecule has 2 aromatic carbocycles. The number of aromatic amines is 2. The second-order valence-corrected chi connectivity index (χ2v) is 9.64. The Hall–Kier alpha value is -3.72. The minimum Gasteiger partial charge on any atom is -0.495 e. The van der Waals surface area contributed by atoms with Crippen LogP contribution in [0.3, 0.4) is 0 Å². The summed E-state index contributed by atoms with van der Waals surface area (Å²) in [6, 6.07) is 6.88. The van der Waals surface area contributed by atoms with Crippen molar-refractivity contribution in [1.82, 2.24) is 20.6 Å². The van der Waals surface area contributed by atoms with Gasteiger partial charge in [-0.05, 0) is 29.3 Å². The van der Waals surface area contributed by atoms with Gasteiger partial charge in [-0.3, -0.25) is 9.59 Å². The number of ether oxygens (including phenoxy) is 2. The first kappa shape index (κ1) is 28.8. The average molecular weight is 545 g/mol. The highest BCUT2D eigenvalue weighted by molar-refractivity contribution is 6.32. The second kappa shape index (κ2) is 12.7. The highest BCUT2D eigenvalue weighted by Gasteiger charge is 2.15. The maximum Gasteiger partial charge on any atom is 0.216 e. The number of methoxy groups -OCH3 is 2. The van der Waals surface area contributed by atoms with Crippen molar-refractivity contribution in [3.8, 4) is 11.5 Å². The van der Waals surface area contributed by atoms with Gasteiger partial charge in [0.15, 0.2) is 11.6 Å². The zero-order valence-electron chi connectivity index (χ0n) is 22.4. The first-order valence-corrected chi connectivity index (χ1v) is 12.6. The van der Waals surface area contributed by atoms with Crippen LogP contribution < -0.4 is 20.1 Å². The first-order chi connectivity index (χ1) is 18.0. The van der Waals surface area contributed by atoms with Crippen LogP contribution >= 0.6 is 11.6 Å². The largest absolute Gasteiger partial charge is 0.495 e. The van der Waals surface area contributed by atoms with Crippen molar-refractivity contribution in [3.05, 3.63) is 58.6 Å². The van der Waals surface area contributed by atoms with Gasteiger partial charge >= 0.3 is 0 Å². The number of H-pyrrole nitrogens is 2. The van der Waals surface area contributed by atoms with Crippen LogP contribution in [-0.2, 0) is 9.59 Å². The Labute approximate surface area is 226 Å². The van der Waals surface area contributed by atoms with Gasteiger partial charge in [-0.2, -0.15) is 0 Å². The maximum absolute atomic E-state index is 13.6. The molecule has 0 aliphatic carbocycles. The van der Waals surface area contributed by atoms with Gasteiger partial charge in [0, 0.05) is 79.0 Å². The van der Waals surface area contributed by atoms with Gasteiger partial charge in [-0.25, -0.2) is 4.39 Å². The molecule has 0 spiro atoms. The molecule has 4 N–H and O–H groups in total. The Kier molecular flexibility index (Phi) is 9.63. The topological polar surface area (TPSA) is 108 Å². The van der Waals surface area contributed by atoms with Gasteiger partial charge in [0.05, 0.1) is 19.2 Å². The summed E-state index contributed by atoms with van der Waals surface area (Å²) in [6.07, 6.45) is 3.79. The number of aromatic nitrogens is 2. The van der Waals surface area contributed by atoms with Crippen LogP contribution in [-0.4, -0.2) is 49.1 Å². The summed E-state index contributed by atoms with van der Waals surface area (Å²) in [6.45, 7) is 8.23. The van der Waals surface area contributed by atoms with Gasteiger partial charge in [-0.15, -0.1) is 0 Å². The highest BCUT2D eigenvalue weighted by atomic mass is 35.5. The number of halogens is 2. The third-order valence-corrected chi connectivity index (χ3v) is 6.64. The Morgan fingerprint density at radius 2 is 1.29 bits per heavy atom. The van der Waals surface area contributed by atoms with Gasteiger partial charge in [0.25, 0.3) is 0 Å². The van der Waals surface area contributed by atoms with E-state index in [1.165, 1.54) is 27.0 Å². The molecule has 0 saturated carbocycles. The molecule has 38 heavy (non-hydrogen) atoms. The summed E-state index contributed by atoms with van der Waals surface area (Å²) in [5, 5.41) is 8.17. The molecule has 204 valence electrons. The Morgan fingerprint density at radius 3 is 1.74 bits per heavy atom. The molecular formula is C28H34ClFN4O4. The van der Waals surface area contributed by atoms with Gasteiger partial charge in [-0.1, -0.05) is 25.4 Å². The van der Waals surface area contributed by atoms with Crippen LogP contribution in [0.15, 0.2) is 36.7 Å². The summed E-state index contributed by atoms with van der Waals surface area (Å²) >= 11 is 6.09. The molecular weight excluding hydrogens is 511 g/mol. The number of amides is 2. The normalized spacial score (nSPS) is 12.4. The van der Waals surface area contributed by atoms with E-state index in [1.807, 2.05) is 31.5 Å². The number of hydrogen-bond acceptors (Lipinski definition) is 4. The minimum absolute atomic E-state index is 0.0210. The summed E-state index contributed by atoms with van der Waals surface area (Å²) in [5.74, 6) is 0.749. The lowest BCUT2D eigenvalue weighted by Gasteiger charge is -2.11. The fourth-order valence-electron chi connectivity index (χ4n) is 4.23. The molecule has 0 aliphatic heterocycles. The van der Waals surface area contributed by atoms with E-state index in [4.69, 9.17) is 21.1 Å². The zero-order valence-corrected chi connectivity index (χ0v) is 23.2. The predicted octanol–water partition coefficient (Wildman–Crippen LogP) is 5.62. The summed E-state index contributed by atoms with van der Waals surface area (Å²) < 4.78 is 23.8. The van der Waals surface area contributed by atoms with E-state index in [0.717, 1.165) is 32.9 Å². The second-order valence-electron chi connectivity index (χ2n) is 9.23. The smallest absolute Gasteiger partial charge is 0.216 e. The molecule has 10 heteroatoms. The van der Waals surface area contributed by atoms with Crippen LogP contribution in [0, 0.1) is 5.82 Å². The molecule has 2 amide bonds. The molecule has 8 nitrogen and oxygen atoms in total. The third kappa shape index (κ3) is 6.77. The number of benzene rings is 2. The van der Waals surface area contributed by atoms with Crippen molar-refractivity contribution < 1.29 is 23.5 Å². The number of carbonyl (C=O) groups excluding carboxylic acids is 2. The molecule has 0 radical (unpaired) electrons. The lowest BCUT2D eigenvalue weighted by molar-refractivity contribution is -0.119. The van der Waals surface area contributed by atoms with Crippen molar-refractivity contribution in [2.75, 3.05) is 27.3 Å². The van der Waals surface area contributed by atoms with Crippen molar-refractivity contribution in [2.24, 2.45) is 0 Å². The van der Waals surface area contributed by atoms with E-state index in [0.29, 0.717) is 23.9 Å². The summed E-state index contributed by atoms with van der Waals surface area (Å²) in [7, 11) is 3.04. The molecule has 2 atom stereocenters. The summed E-state index contributed by atoms with van der Waals surface area (Å²) in [5.41, 5.74) is 3.86. The number of rotatable bonds is 8. The number of nitrogens with one attached hydrogen (secondary N) is 4. The van der Waals surface area contributed by atoms with Crippen LogP contribution in [0.5, 0.6) is 11.5 Å². The highest BCUT2D eigenvalue weighted by Crippen LogP contribution is 2.34. The number of hydrogen-bond donors (Lipinski definition) is 4. The first-order valence-electron chi connectivity index (χ1n) is 12.2. The molecule has 2 heterocycles. The fraction of sp³-hybridized carbons (Fsp3) is 0.357. The quantitative estimate of drug-likeness (QED) is 0.231. The lowest BCUT2D eigenvalue weighted by Crippen LogP contribution is -2.24. The SMILES string of the molecule is COc1cc2c(C(C)CNC(C)=O)c[nH]c2cc1Cl.COc1cc2c(C(C)CNC(C)=O)c[nH]c2cc1F. The Bertz CT molecular complexity index is 1320. The fourth-order valence-corrected chi connectivity index (χ4v) is 4.47. The van der Waals surface area contributed by atoms with E-state index in [1.54, 1.807) is 13.2 Å². The molecule has 0 saturated heterocycles. The minimum atomic E-state index is -0.391. The maximum atomic E-state index is 13.6. The van der Waals surface area contributed by atoms with Crippen molar-refractivity contribution in [1.29, 1.82) is 0 Å². The van der Waals surface area contributed by atoms with Crippen LogP contribution in [0.1, 0.15) is 50.7 Å². The predicted molar refractivity (Wildman–Crippen MR) is 149 cm³/mol. The third-order valence-electron chi connectivity index (χ3n) is 6.35. The molecule has 2 aromatic heterocycles. The molecule has 0 bridgehead atoms. The molecule has 2 unspecified atom stereocenters. The van der Waals surface area contributed by atoms with Crippen LogP contribution in [0.2, 0.25) is 5.02 Å². The van der Waals surface area contributed by atoms with Gasteiger partial charge in [0.2, 0.25) is 11.8 Å². The standard InChI is InChI=1S/C14H17ClN2O2.C14H17FN2O2/c2*1-8(6-16-9(2)18)11-7-17-13-5-12(15)14(19-3)4-10(11)13/h2*4-5,7-8,17H,6H2,1-3H3,(H,16,18). The van der Waals surface area contributed by atoms with E-state index >= 15 is 0 Å². The van der Waals surface area contributed by atoms with Gasteiger partial charge in [0.1, 0.15) is 5.75 Å². The van der Waals surface area contributed by atoms with E-state index in [2.05, 4.69) is 27.5 Å². The van der Waals surface area contributed by atoms with E-state index in [9.17, 15) is 14.0 Å². The number of fused-ring (bicyclic) bond motifs is 2. The van der Waals surface area contributed by atoms with Crippen LogP contribution in [0.25, 0.3) is 21.8 Å². The molecule has 4 rings (SSSR count). The van der Waals surface area contributed by atoms with Crippen LogP contribution in [0.4, 0.5) is 4.39 Å². The Balaban J connectivity index is 0.000000211. The molecule has 0 fully saturated rings. The average Bonchev–Trinajstić information content (AvgIpc) is 3.48. The van der Waals surface area contributed by atoms with Crippen molar-refractivity contribution in [3.63, 3.8) is 0 Å². The van der Waals surface area contributed by atoms with Crippen molar-refractivity contribution in [2.45, 2.75) is 39.5 Å². The van der Waals surface area contributed by atoms with Crippen molar-refractivity contribution >= 4 is 45.2 Å². The monoisotopic (exact) mass is 544 g/mol. The Morgan fingerprint density at radius 1 is 0.842 bits per heavy atom. The van der Waals surface area contributed by atoms with Gasteiger partial charge < -0.3 is 30.1 Å². The zero-order chi connectivity index (χ0) is 28.0. The number of carbonyl (C=O) groups is 2. The molecule has 4 aromatic rings. The van der Waals surface area contributed by atoms with E-state index in [-0.39, 0.29) is 29.4 Å². The lowest BCUT2D eigenvalue weighted by atomic mass is 10.0. The van der Waals surface area contributed by atoms with E-state index < -0.39 is 5.82 Å². The molecule has 0 aliphatic rings. The summed E-state index contributed by atoms with van der Waals surface area (Å²) in [4.78, 5) is 28.1.